The Bertz CT molecular complexity index is 1190. The maximum Gasteiger partial charge on any atom is 0.307 e. The van der Waals surface area contributed by atoms with Crippen molar-refractivity contribution in [3.8, 4) is 17.4 Å². The molecule has 0 radical (unpaired) electrons. The minimum absolute atomic E-state index is 0.133. The molecule has 4 aromatic rings. The number of hydrogen-bond acceptors (Lipinski definition) is 7. The van der Waals surface area contributed by atoms with Gasteiger partial charge in [0.1, 0.15) is 29.7 Å². The number of nitrogens with one attached hydrogen (secondary N) is 1. The molecular weight excluding hydrogens is 408 g/mol. The number of aromatic nitrogens is 4. The van der Waals surface area contributed by atoms with E-state index in [1.165, 1.54) is 10.9 Å². The Balaban J connectivity index is 1.50. The van der Waals surface area contributed by atoms with Crippen molar-refractivity contribution >= 4 is 28.8 Å². The van der Waals surface area contributed by atoms with E-state index in [0.717, 1.165) is 11.9 Å². The van der Waals surface area contributed by atoms with E-state index in [9.17, 15) is 10.1 Å². The van der Waals surface area contributed by atoms with Crippen LogP contribution >= 0.6 is 11.6 Å². The Hall–Kier alpha value is -3.98. The molecule has 150 valence electrons. The number of aryl methyl sites for hydroxylation is 1. The maximum absolute atomic E-state index is 10.9. The maximum atomic E-state index is 10.9. The van der Waals surface area contributed by atoms with Gasteiger partial charge in [-0.1, -0.05) is 11.6 Å². The third-order valence-corrected chi connectivity index (χ3v) is 4.26. The van der Waals surface area contributed by atoms with Crippen LogP contribution in [-0.4, -0.2) is 24.7 Å². The highest BCUT2D eigenvalue weighted by Gasteiger charge is 2.12. The van der Waals surface area contributed by atoms with Crippen LogP contribution in [0.4, 0.5) is 17.2 Å². The molecule has 0 fully saturated rings. The van der Waals surface area contributed by atoms with E-state index in [-0.39, 0.29) is 11.6 Å². The van der Waals surface area contributed by atoms with Crippen molar-refractivity contribution < 1.29 is 9.66 Å². The molecule has 0 unspecified atom stereocenters. The van der Waals surface area contributed by atoms with Crippen molar-refractivity contribution in [2.45, 2.75) is 6.92 Å². The quantitative estimate of drug-likeness (QED) is 0.341. The number of ether oxygens (including phenoxy) is 1. The molecule has 2 heterocycles. The first-order valence-electron chi connectivity index (χ1n) is 8.82. The van der Waals surface area contributed by atoms with E-state index < -0.39 is 4.92 Å². The van der Waals surface area contributed by atoms with Crippen LogP contribution in [0.3, 0.4) is 0 Å². The molecule has 0 spiro atoms. The molecule has 0 aliphatic carbocycles. The molecule has 0 saturated carbocycles. The van der Waals surface area contributed by atoms with Crippen LogP contribution in [0.1, 0.15) is 5.69 Å². The molecule has 0 atom stereocenters. The van der Waals surface area contributed by atoms with Crippen LogP contribution < -0.4 is 10.1 Å². The minimum atomic E-state index is -0.522. The van der Waals surface area contributed by atoms with Gasteiger partial charge in [0.25, 0.3) is 5.95 Å². The lowest BCUT2D eigenvalue weighted by Gasteiger charge is -2.10. The third kappa shape index (κ3) is 4.53. The van der Waals surface area contributed by atoms with E-state index in [1.807, 2.05) is 24.3 Å². The zero-order chi connectivity index (χ0) is 21.1. The average Bonchev–Trinajstić information content (AvgIpc) is 3.22. The molecule has 0 aliphatic rings. The predicted molar refractivity (Wildman–Crippen MR) is 112 cm³/mol. The first-order chi connectivity index (χ1) is 14.5. The van der Waals surface area contributed by atoms with Crippen LogP contribution in [0.25, 0.3) is 5.95 Å². The van der Waals surface area contributed by atoms with Crippen molar-refractivity contribution in [1.29, 1.82) is 0 Å². The molecule has 2 aromatic heterocycles. The van der Waals surface area contributed by atoms with Crippen molar-refractivity contribution in [3.63, 3.8) is 0 Å². The van der Waals surface area contributed by atoms with Crippen LogP contribution in [0.15, 0.2) is 67.0 Å². The lowest BCUT2D eigenvalue weighted by molar-refractivity contribution is -0.384. The topological polar surface area (TPSA) is 108 Å². The van der Waals surface area contributed by atoms with Crippen LogP contribution in [0, 0.1) is 17.0 Å². The fraction of sp³-hybridized carbons (Fsp3) is 0.0500. The average molecular weight is 423 g/mol. The molecule has 30 heavy (non-hydrogen) atoms. The number of rotatable bonds is 6. The van der Waals surface area contributed by atoms with Crippen LogP contribution in [-0.2, 0) is 0 Å². The summed E-state index contributed by atoms with van der Waals surface area (Å²) in [4.78, 5) is 19.0. The van der Waals surface area contributed by atoms with Gasteiger partial charge in [0.15, 0.2) is 0 Å². The Morgan fingerprint density at radius 3 is 2.37 bits per heavy atom. The zero-order valence-electron chi connectivity index (χ0n) is 15.7. The number of anilines is 2. The van der Waals surface area contributed by atoms with Crippen molar-refractivity contribution in [1.82, 2.24) is 19.7 Å². The summed E-state index contributed by atoms with van der Waals surface area (Å²) in [5.74, 6) is 2.12. The van der Waals surface area contributed by atoms with Crippen molar-refractivity contribution in [2.75, 3.05) is 5.32 Å². The molecule has 0 saturated heterocycles. The lowest BCUT2D eigenvalue weighted by Crippen LogP contribution is -2.05. The van der Waals surface area contributed by atoms with Gasteiger partial charge in [0.05, 0.1) is 4.92 Å². The summed E-state index contributed by atoms with van der Waals surface area (Å²) in [7, 11) is 0. The molecule has 9 nitrogen and oxygen atoms in total. The fourth-order valence-electron chi connectivity index (χ4n) is 2.63. The molecule has 0 amide bonds. The van der Waals surface area contributed by atoms with Gasteiger partial charge in [-0.15, -0.1) is 0 Å². The second kappa shape index (κ2) is 8.18. The summed E-state index contributed by atoms with van der Waals surface area (Å²) in [5.41, 5.74) is 1.34. The predicted octanol–water partition coefficient (Wildman–Crippen LogP) is 5.07. The number of hydrogen-bond donors (Lipinski definition) is 1. The summed E-state index contributed by atoms with van der Waals surface area (Å²) >= 11 is 5.88. The SMILES string of the molecule is Cc1cc(Nc2ccc(Oc3ccc(Cl)cc3)cc2)nc(-n2cc([N+](=O)[O-])cn2)n1. The highest BCUT2D eigenvalue weighted by molar-refractivity contribution is 6.30. The molecule has 1 N–H and O–H groups in total. The lowest BCUT2D eigenvalue weighted by atomic mass is 10.3. The van der Waals surface area contributed by atoms with Gasteiger partial charge in [-0.3, -0.25) is 10.1 Å². The normalized spacial score (nSPS) is 10.6. The van der Waals surface area contributed by atoms with Gasteiger partial charge in [-0.25, -0.2) is 4.98 Å². The summed E-state index contributed by atoms with van der Waals surface area (Å²) in [6, 6.07) is 16.2. The molecular formula is C20H15ClN6O3. The Kier molecular flexibility index (Phi) is 5.27. The largest absolute Gasteiger partial charge is 0.457 e. The molecule has 0 bridgehead atoms. The smallest absolute Gasteiger partial charge is 0.307 e. The fourth-order valence-corrected chi connectivity index (χ4v) is 2.76. The number of nitrogens with zero attached hydrogens (tertiary/aromatic N) is 5. The minimum Gasteiger partial charge on any atom is -0.457 e. The second-order valence-electron chi connectivity index (χ2n) is 6.30. The Labute approximate surface area is 176 Å². The van der Waals surface area contributed by atoms with Crippen molar-refractivity contribution in [2.24, 2.45) is 0 Å². The Morgan fingerprint density at radius 1 is 1.07 bits per heavy atom. The second-order valence-corrected chi connectivity index (χ2v) is 6.74. The standard InChI is InChI=1S/C20H15ClN6O3/c1-13-10-19(25-20(23-13)26-12-16(11-22-26)27(28)29)24-15-4-8-18(9-5-15)30-17-6-2-14(21)3-7-17/h2-12H,1H3,(H,23,24,25). The molecule has 10 heteroatoms. The van der Waals surface area contributed by atoms with Crippen molar-refractivity contribution in [3.05, 3.63) is 87.8 Å². The van der Waals surface area contributed by atoms with E-state index in [0.29, 0.717) is 28.0 Å². The first-order valence-corrected chi connectivity index (χ1v) is 9.20. The van der Waals surface area contributed by atoms with Gasteiger partial charge in [0, 0.05) is 22.5 Å². The summed E-state index contributed by atoms with van der Waals surface area (Å²) in [6.07, 6.45) is 2.42. The number of halogens is 1. The summed E-state index contributed by atoms with van der Waals surface area (Å²) < 4.78 is 7.04. The van der Waals surface area contributed by atoms with Gasteiger partial charge < -0.3 is 10.1 Å². The van der Waals surface area contributed by atoms with Gasteiger partial charge in [-0.2, -0.15) is 14.8 Å². The number of nitro groups is 1. The molecule has 0 aliphatic heterocycles. The van der Waals surface area contributed by atoms with Gasteiger partial charge >= 0.3 is 5.69 Å². The van der Waals surface area contributed by atoms with E-state index >= 15 is 0 Å². The highest BCUT2D eigenvalue weighted by Crippen LogP contribution is 2.25. The molecule has 2 aromatic carbocycles. The number of benzene rings is 2. The van der Waals surface area contributed by atoms with Crippen LogP contribution in [0.5, 0.6) is 11.5 Å². The van der Waals surface area contributed by atoms with Gasteiger partial charge in [0.2, 0.25) is 0 Å². The Morgan fingerprint density at radius 2 is 1.73 bits per heavy atom. The van der Waals surface area contributed by atoms with E-state index in [2.05, 4.69) is 20.4 Å². The van der Waals surface area contributed by atoms with E-state index in [4.69, 9.17) is 16.3 Å². The summed E-state index contributed by atoms with van der Waals surface area (Å²) in [6.45, 7) is 1.80. The van der Waals surface area contributed by atoms with E-state index in [1.54, 1.807) is 37.3 Å². The zero-order valence-corrected chi connectivity index (χ0v) is 16.4. The summed E-state index contributed by atoms with van der Waals surface area (Å²) in [5, 5.41) is 18.6. The first kappa shape index (κ1) is 19.3. The highest BCUT2D eigenvalue weighted by atomic mass is 35.5. The monoisotopic (exact) mass is 422 g/mol. The van der Waals surface area contributed by atoms with Crippen LogP contribution in [0.2, 0.25) is 5.02 Å². The third-order valence-electron chi connectivity index (χ3n) is 4.00. The van der Waals surface area contributed by atoms with Gasteiger partial charge in [-0.05, 0) is 55.5 Å². The molecule has 4 rings (SSSR count).